The summed E-state index contributed by atoms with van der Waals surface area (Å²) in [5.41, 5.74) is 0.309. The molecule has 0 aliphatic rings. The molecule has 2 rings (SSSR count). The molecule has 0 saturated carbocycles. The lowest BCUT2D eigenvalue weighted by atomic mass is 10.2. The minimum Gasteiger partial charge on any atom is -0.466 e. The Balaban J connectivity index is 2.54. The highest BCUT2D eigenvalue weighted by Crippen LogP contribution is 2.28. The minimum atomic E-state index is -0.619. The molecule has 8 heteroatoms. The highest BCUT2D eigenvalue weighted by molar-refractivity contribution is 5.94. The first kappa shape index (κ1) is 16.6. The predicted molar refractivity (Wildman–Crippen MR) is 80.7 cm³/mol. The first-order chi connectivity index (χ1) is 10.9. The van der Waals surface area contributed by atoms with E-state index in [-0.39, 0.29) is 35.0 Å². The van der Waals surface area contributed by atoms with E-state index in [4.69, 9.17) is 4.74 Å². The van der Waals surface area contributed by atoms with Crippen LogP contribution >= 0.6 is 0 Å². The molecular weight excluding hydrogens is 305 g/mol. The number of methoxy groups -OCH3 is 1. The fraction of sp³-hybridized carbons (Fsp3) is 0.333. The molecule has 1 N–H and O–H groups in total. The molecule has 2 aromatic rings. The standard InChI is InChI=1S/C15H16FN3O4/c1-4-12-18-14-10(15(19-12)23-7-13(21)22-3)5-9(6-11(14)16)17-8(2)20/h5-6H,4,7H2,1-3H3,(H,17,20). The van der Waals surface area contributed by atoms with Crippen LogP contribution in [0.2, 0.25) is 0 Å². The van der Waals surface area contributed by atoms with Crippen LogP contribution in [-0.4, -0.2) is 35.6 Å². The molecule has 0 unspecified atom stereocenters. The molecular formula is C15H16FN3O4. The first-order valence-electron chi connectivity index (χ1n) is 6.92. The lowest BCUT2D eigenvalue weighted by molar-refractivity contribution is -0.143. The van der Waals surface area contributed by atoms with Gasteiger partial charge < -0.3 is 14.8 Å². The summed E-state index contributed by atoms with van der Waals surface area (Å²) in [5.74, 6) is -1.11. The molecule has 0 atom stereocenters. The Hall–Kier alpha value is -2.77. The fourth-order valence-electron chi connectivity index (χ4n) is 1.94. The molecule has 1 aromatic heterocycles. The van der Waals surface area contributed by atoms with Gasteiger partial charge in [-0.2, -0.15) is 4.98 Å². The van der Waals surface area contributed by atoms with Gasteiger partial charge in [-0.3, -0.25) is 4.79 Å². The van der Waals surface area contributed by atoms with Crippen molar-refractivity contribution >= 4 is 28.5 Å². The number of esters is 1. The Bertz CT molecular complexity index is 764. The molecule has 0 aliphatic carbocycles. The van der Waals surface area contributed by atoms with Crippen molar-refractivity contribution in [1.29, 1.82) is 0 Å². The summed E-state index contributed by atoms with van der Waals surface area (Å²) in [4.78, 5) is 30.7. The maximum Gasteiger partial charge on any atom is 0.343 e. The maximum absolute atomic E-state index is 14.3. The molecule has 122 valence electrons. The number of ether oxygens (including phenoxy) is 2. The van der Waals surface area contributed by atoms with Crippen molar-refractivity contribution in [3.63, 3.8) is 0 Å². The van der Waals surface area contributed by atoms with Crippen LogP contribution in [0.4, 0.5) is 10.1 Å². The molecule has 0 radical (unpaired) electrons. The van der Waals surface area contributed by atoms with E-state index in [1.54, 1.807) is 0 Å². The second-order valence-electron chi connectivity index (χ2n) is 4.70. The maximum atomic E-state index is 14.3. The molecule has 0 saturated heterocycles. The third kappa shape index (κ3) is 3.91. The Morgan fingerprint density at radius 2 is 2.04 bits per heavy atom. The van der Waals surface area contributed by atoms with Crippen LogP contribution in [0.3, 0.4) is 0 Å². The van der Waals surface area contributed by atoms with Crippen LogP contribution in [0, 0.1) is 5.82 Å². The molecule has 1 aromatic carbocycles. The number of fused-ring (bicyclic) bond motifs is 1. The van der Waals surface area contributed by atoms with Crippen LogP contribution in [-0.2, 0) is 20.7 Å². The number of hydrogen-bond donors (Lipinski definition) is 1. The molecule has 0 aliphatic heterocycles. The Morgan fingerprint density at radius 3 is 2.65 bits per heavy atom. The summed E-state index contributed by atoms with van der Waals surface area (Å²) in [5, 5.41) is 2.75. The van der Waals surface area contributed by atoms with Gasteiger partial charge in [0.25, 0.3) is 0 Å². The van der Waals surface area contributed by atoms with Crippen molar-refractivity contribution in [2.24, 2.45) is 0 Å². The third-order valence-electron chi connectivity index (χ3n) is 2.96. The Morgan fingerprint density at radius 1 is 1.30 bits per heavy atom. The first-order valence-corrected chi connectivity index (χ1v) is 6.92. The van der Waals surface area contributed by atoms with Crippen LogP contribution < -0.4 is 10.1 Å². The van der Waals surface area contributed by atoms with Crippen molar-refractivity contribution < 1.29 is 23.5 Å². The van der Waals surface area contributed by atoms with Crippen molar-refractivity contribution in [1.82, 2.24) is 9.97 Å². The zero-order valence-electron chi connectivity index (χ0n) is 13.0. The fourth-order valence-corrected chi connectivity index (χ4v) is 1.94. The molecule has 1 heterocycles. The number of anilines is 1. The Kier molecular flexibility index (Phi) is 5.05. The number of nitrogens with one attached hydrogen (secondary N) is 1. The van der Waals surface area contributed by atoms with E-state index in [2.05, 4.69) is 20.0 Å². The average molecular weight is 321 g/mol. The van der Waals surface area contributed by atoms with Gasteiger partial charge in [0.15, 0.2) is 12.4 Å². The topological polar surface area (TPSA) is 90.4 Å². The van der Waals surface area contributed by atoms with Crippen molar-refractivity contribution in [3.8, 4) is 5.88 Å². The number of aromatic nitrogens is 2. The highest BCUT2D eigenvalue weighted by atomic mass is 19.1. The Labute approximate surface area is 131 Å². The van der Waals surface area contributed by atoms with Crippen LogP contribution in [0.1, 0.15) is 19.7 Å². The summed E-state index contributed by atoms with van der Waals surface area (Å²) in [6.45, 7) is 2.76. The van der Waals surface area contributed by atoms with E-state index in [0.717, 1.165) is 0 Å². The summed E-state index contributed by atoms with van der Waals surface area (Å²) in [7, 11) is 1.23. The van der Waals surface area contributed by atoms with Gasteiger partial charge in [0.1, 0.15) is 11.3 Å². The van der Waals surface area contributed by atoms with Crippen LogP contribution in [0.25, 0.3) is 10.9 Å². The minimum absolute atomic E-state index is 0.0587. The number of halogens is 1. The highest BCUT2D eigenvalue weighted by Gasteiger charge is 2.15. The van der Waals surface area contributed by atoms with E-state index < -0.39 is 11.8 Å². The van der Waals surface area contributed by atoms with Crippen molar-refractivity contribution in [2.45, 2.75) is 20.3 Å². The summed E-state index contributed by atoms with van der Waals surface area (Å²) in [6.07, 6.45) is 0.470. The summed E-state index contributed by atoms with van der Waals surface area (Å²) in [6, 6.07) is 2.66. The number of carbonyl (C=O) groups is 2. The smallest absolute Gasteiger partial charge is 0.343 e. The van der Waals surface area contributed by atoms with Gasteiger partial charge in [-0.05, 0) is 12.1 Å². The lowest BCUT2D eigenvalue weighted by Gasteiger charge is -2.11. The molecule has 0 bridgehead atoms. The lowest BCUT2D eigenvalue weighted by Crippen LogP contribution is -2.14. The molecule has 0 fully saturated rings. The zero-order valence-corrected chi connectivity index (χ0v) is 13.0. The average Bonchev–Trinajstić information content (AvgIpc) is 2.51. The number of rotatable bonds is 5. The van der Waals surface area contributed by atoms with Gasteiger partial charge in [-0.25, -0.2) is 14.2 Å². The van der Waals surface area contributed by atoms with Crippen molar-refractivity contribution in [3.05, 3.63) is 23.8 Å². The number of nitrogens with zero attached hydrogens (tertiary/aromatic N) is 2. The predicted octanol–water partition coefficient (Wildman–Crippen LogP) is 1.84. The number of carbonyl (C=O) groups excluding carboxylic acids is 2. The van der Waals surface area contributed by atoms with Gasteiger partial charge in [-0.15, -0.1) is 0 Å². The van der Waals surface area contributed by atoms with Crippen molar-refractivity contribution in [2.75, 3.05) is 19.0 Å². The van der Waals surface area contributed by atoms with Gasteiger partial charge in [0.2, 0.25) is 11.8 Å². The van der Waals surface area contributed by atoms with Gasteiger partial charge >= 0.3 is 5.97 Å². The number of hydrogen-bond acceptors (Lipinski definition) is 6. The monoisotopic (exact) mass is 321 g/mol. The van der Waals surface area contributed by atoms with E-state index >= 15 is 0 Å². The van der Waals surface area contributed by atoms with E-state index in [1.165, 1.54) is 26.2 Å². The van der Waals surface area contributed by atoms with Gasteiger partial charge in [0.05, 0.1) is 12.5 Å². The second-order valence-corrected chi connectivity index (χ2v) is 4.70. The number of amides is 1. The van der Waals surface area contributed by atoms with Crippen LogP contribution in [0.5, 0.6) is 5.88 Å². The van der Waals surface area contributed by atoms with Gasteiger partial charge in [0, 0.05) is 19.0 Å². The molecule has 23 heavy (non-hydrogen) atoms. The van der Waals surface area contributed by atoms with E-state index in [0.29, 0.717) is 12.2 Å². The summed E-state index contributed by atoms with van der Waals surface area (Å²) >= 11 is 0. The van der Waals surface area contributed by atoms with E-state index in [1.807, 2.05) is 6.92 Å². The zero-order chi connectivity index (χ0) is 17.0. The molecule has 1 amide bonds. The SMILES string of the molecule is CCc1nc(OCC(=O)OC)c2cc(NC(C)=O)cc(F)c2n1. The normalized spacial score (nSPS) is 10.4. The second kappa shape index (κ2) is 6.99. The van der Waals surface area contributed by atoms with Gasteiger partial charge in [-0.1, -0.05) is 6.92 Å². The number of aryl methyl sites for hydroxylation is 1. The van der Waals surface area contributed by atoms with E-state index in [9.17, 15) is 14.0 Å². The molecule has 7 nitrogen and oxygen atoms in total. The quantitative estimate of drug-likeness (QED) is 0.845. The summed E-state index contributed by atoms with van der Waals surface area (Å²) < 4.78 is 24.1. The third-order valence-corrected chi connectivity index (χ3v) is 2.96. The number of benzene rings is 1. The molecule has 0 spiro atoms. The largest absolute Gasteiger partial charge is 0.466 e. The van der Waals surface area contributed by atoms with Crippen LogP contribution in [0.15, 0.2) is 12.1 Å².